The third-order valence-corrected chi connectivity index (χ3v) is 4.13. The van der Waals surface area contributed by atoms with E-state index < -0.39 is 0 Å². The number of aromatic nitrogens is 1. The van der Waals surface area contributed by atoms with E-state index in [1.54, 1.807) is 31.4 Å². The maximum absolute atomic E-state index is 12.3. The van der Waals surface area contributed by atoms with Crippen LogP contribution in [0, 0.1) is 18.3 Å². The normalized spacial score (nSPS) is 11.1. The number of nitrogens with zero attached hydrogens (tertiary/aromatic N) is 2. The van der Waals surface area contributed by atoms with E-state index in [9.17, 15) is 4.79 Å². The Morgan fingerprint density at radius 2 is 2.27 bits per heavy atom. The predicted molar refractivity (Wildman–Crippen MR) is 87.7 cm³/mol. The standard InChI is InChI=1S/C17H16N2O2S/c1-4-15(20)14(17-19-11(2)10-22-17)8-13-6-5-12(9-18)7-16(13)21-3/h5-8,10H,4H2,1-3H3/b14-8-. The highest BCUT2D eigenvalue weighted by molar-refractivity contribution is 7.11. The summed E-state index contributed by atoms with van der Waals surface area (Å²) in [4.78, 5) is 16.7. The molecular formula is C17H16N2O2S. The lowest BCUT2D eigenvalue weighted by Gasteiger charge is -2.07. The van der Waals surface area contributed by atoms with Gasteiger partial charge in [0.15, 0.2) is 5.78 Å². The van der Waals surface area contributed by atoms with Crippen molar-refractivity contribution < 1.29 is 9.53 Å². The molecule has 4 nitrogen and oxygen atoms in total. The van der Waals surface area contributed by atoms with Gasteiger partial charge in [0.2, 0.25) is 0 Å². The van der Waals surface area contributed by atoms with E-state index in [0.29, 0.717) is 28.3 Å². The number of hydrogen-bond acceptors (Lipinski definition) is 5. The molecule has 0 saturated carbocycles. The van der Waals surface area contributed by atoms with Crippen LogP contribution in [0.1, 0.15) is 35.2 Å². The zero-order valence-electron chi connectivity index (χ0n) is 12.7. The van der Waals surface area contributed by atoms with Gasteiger partial charge in [-0.15, -0.1) is 11.3 Å². The second-order valence-electron chi connectivity index (χ2n) is 4.70. The van der Waals surface area contributed by atoms with Crippen molar-refractivity contribution in [3.05, 3.63) is 45.4 Å². The number of rotatable bonds is 5. The SMILES string of the molecule is CCC(=O)/C(=C/c1ccc(C#N)cc1OC)c1nc(C)cs1. The predicted octanol–water partition coefficient (Wildman–Crippen LogP) is 3.85. The number of allylic oxidation sites excluding steroid dienone is 1. The largest absolute Gasteiger partial charge is 0.496 e. The molecule has 2 rings (SSSR count). The van der Waals surface area contributed by atoms with Crippen molar-refractivity contribution in [3.8, 4) is 11.8 Å². The summed E-state index contributed by atoms with van der Waals surface area (Å²) in [5, 5.41) is 11.6. The molecule has 0 unspecified atom stereocenters. The fourth-order valence-electron chi connectivity index (χ4n) is 1.99. The van der Waals surface area contributed by atoms with E-state index in [1.165, 1.54) is 11.3 Å². The lowest BCUT2D eigenvalue weighted by atomic mass is 10.0. The number of aryl methyl sites for hydroxylation is 1. The van der Waals surface area contributed by atoms with Gasteiger partial charge in [-0.05, 0) is 31.2 Å². The maximum Gasteiger partial charge on any atom is 0.165 e. The van der Waals surface area contributed by atoms with Crippen molar-refractivity contribution in [1.29, 1.82) is 5.26 Å². The molecule has 0 spiro atoms. The first kappa shape index (κ1) is 15.9. The van der Waals surface area contributed by atoms with Crippen LogP contribution in [0.4, 0.5) is 0 Å². The zero-order valence-corrected chi connectivity index (χ0v) is 13.5. The minimum atomic E-state index is 0.0285. The first-order valence-electron chi connectivity index (χ1n) is 6.84. The number of ether oxygens (including phenoxy) is 1. The number of carbonyl (C=O) groups excluding carboxylic acids is 1. The third-order valence-electron chi connectivity index (χ3n) is 3.13. The highest BCUT2D eigenvalue weighted by Crippen LogP contribution is 2.28. The number of nitriles is 1. The molecule has 0 radical (unpaired) electrons. The maximum atomic E-state index is 12.3. The fraction of sp³-hybridized carbons (Fsp3) is 0.235. The first-order chi connectivity index (χ1) is 10.6. The van der Waals surface area contributed by atoms with Gasteiger partial charge in [-0.25, -0.2) is 4.98 Å². The fourth-order valence-corrected chi connectivity index (χ4v) is 2.82. The van der Waals surface area contributed by atoms with Gasteiger partial charge in [0.25, 0.3) is 0 Å². The van der Waals surface area contributed by atoms with E-state index in [-0.39, 0.29) is 5.78 Å². The topological polar surface area (TPSA) is 63.0 Å². The van der Waals surface area contributed by atoms with Crippen LogP contribution in [0.25, 0.3) is 11.6 Å². The Bertz CT molecular complexity index is 769. The molecule has 1 aromatic heterocycles. The number of methoxy groups -OCH3 is 1. The summed E-state index contributed by atoms with van der Waals surface area (Å²) in [6, 6.07) is 7.22. The summed E-state index contributed by atoms with van der Waals surface area (Å²) >= 11 is 1.45. The average Bonchev–Trinajstić information content (AvgIpc) is 2.97. The number of ketones is 1. The third kappa shape index (κ3) is 3.41. The van der Waals surface area contributed by atoms with Gasteiger partial charge in [0, 0.05) is 23.1 Å². The first-order valence-corrected chi connectivity index (χ1v) is 7.72. The van der Waals surface area contributed by atoms with Crippen LogP contribution in [-0.4, -0.2) is 17.9 Å². The summed E-state index contributed by atoms with van der Waals surface area (Å²) < 4.78 is 5.32. The van der Waals surface area contributed by atoms with Gasteiger partial charge in [0.05, 0.1) is 24.3 Å². The van der Waals surface area contributed by atoms with Gasteiger partial charge >= 0.3 is 0 Å². The summed E-state index contributed by atoms with van der Waals surface area (Å²) in [6.07, 6.45) is 2.19. The molecule has 112 valence electrons. The average molecular weight is 312 g/mol. The van der Waals surface area contributed by atoms with Crippen molar-refractivity contribution >= 4 is 28.8 Å². The molecule has 0 fully saturated rings. The Morgan fingerprint density at radius 3 is 2.82 bits per heavy atom. The van der Waals surface area contributed by atoms with Gasteiger partial charge in [-0.1, -0.05) is 6.92 Å². The highest BCUT2D eigenvalue weighted by atomic mass is 32.1. The Hall–Kier alpha value is -2.45. The molecule has 5 heteroatoms. The number of benzene rings is 1. The van der Waals surface area contributed by atoms with Crippen molar-refractivity contribution in [3.63, 3.8) is 0 Å². The summed E-state index contributed by atoms with van der Waals surface area (Å²) in [5.74, 6) is 0.592. The summed E-state index contributed by atoms with van der Waals surface area (Å²) in [5.41, 5.74) is 2.74. The molecule has 0 bridgehead atoms. The van der Waals surface area contributed by atoms with Crippen LogP contribution < -0.4 is 4.74 Å². The van der Waals surface area contributed by atoms with Crippen LogP contribution in [-0.2, 0) is 4.79 Å². The smallest absolute Gasteiger partial charge is 0.165 e. The van der Waals surface area contributed by atoms with Gasteiger partial charge in [-0.3, -0.25) is 4.79 Å². The molecule has 0 aliphatic rings. The van der Waals surface area contributed by atoms with Crippen LogP contribution in [0.3, 0.4) is 0 Å². The van der Waals surface area contributed by atoms with Crippen molar-refractivity contribution in [2.75, 3.05) is 7.11 Å². The Kier molecular flexibility index (Phi) is 5.08. The minimum Gasteiger partial charge on any atom is -0.496 e. The number of hydrogen-bond donors (Lipinski definition) is 0. The number of Topliss-reactive ketones (excluding diaryl/α,β-unsaturated/α-hetero) is 1. The zero-order chi connectivity index (χ0) is 16.1. The van der Waals surface area contributed by atoms with Crippen LogP contribution in [0.5, 0.6) is 5.75 Å². The second-order valence-corrected chi connectivity index (χ2v) is 5.56. The van der Waals surface area contributed by atoms with Crippen LogP contribution in [0.15, 0.2) is 23.6 Å². The molecule has 0 atom stereocenters. The molecule has 0 amide bonds. The highest BCUT2D eigenvalue weighted by Gasteiger charge is 2.15. The summed E-state index contributed by atoms with van der Waals surface area (Å²) in [6.45, 7) is 3.73. The lowest BCUT2D eigenvalue weighted by molar-refractivity contribution is -0.113. The summed E-state index contributed by atoms with van der Waals surface area (Å²) in [7, 11) is 1.54. The molecule has 1 aromatic carbocycles. The van der Waals surface area contributed by atoms with Crippen molar-refractivity contribution in [2.45, 2.75) is 20.3 Å². The van der Waals surface area contributed by atoms with Crippen LogP contribution >= 0.6 is 11.3 Å². The van der Waals surface area contributed by atoms with Crippen molar-refractivity contribution in [1.82, 2.24) is 4.98 Å². The van der Waals surface area contributed by atoms with E-state index in [4.69, 9.17) is 10.00 Å². The second kappa shape index (κ2) is 7.01. The Balaban J connectivity index is 2.55. The van der Waals surface area contributed by atoms with Gasteiger partial charge in [0.1, 0.15) is 10.8 Å². The molecule has 0 aliphatic carbocycles. The molecule has 1 heterocycles. The van der Waals surface area contributed by atoms with E-state index in [0.717, 1.165) is 11.3 Å². The van der Waals surface area contributed by atoms with Crippen molar-refractivity contribution in [2.24, 2.45) is 0 Å². The molecule has 0 aliphatic heterocycles. The van der Waals surface area contributed by atoms with E-state index in [1.807, 2.05) is 19.2 Å². The quantitative estimate of drug-likeness (QED) is 0.787. The number of carbonyl (C=O) groups is 1. The minimum absolute atomic E-state index is 0.0285. The molecule has 0 N–H and O–H groups in total. The van der Waals surface area contributed by atoms with Crippen LogP contribution in [0.2, 0.25) is 0 Å². The van der Waals surface area contributed by atoms with Gasteiger partial charge < -0.3 is 4.74 Å². The van der Waals surface area contributed by atoms with E-state index in [2.05, 4.69) is 11.1 Å². The molecule has 2 aromatic rings. The molecule has 0 saturated heterocycles. The molecule has 22 heavy (non-hydrogen) atoms. The van der Waals surface area contributed by atoms with E-state index >= 15 is 0 Å². The lowest BCUT2D eigenvalue weighted by Crippen LogP contribution is -2.00. The number of thiazole rings is 1. The monoisotopic (exact) mass is 312 g/mol. The Morgan fingerprint density at radius 1 is 1.50 bits per heavy atom. The Labute approximate surface area is 133 Å². The molecular weight excluding hydrogens is 296 g/mol. The van der Waals surface area contributed by atoms with Gasteiger partial charge in [-0.2, -0.15) is 5.26 Å².